The van der Waals surface area contributed by atoms with Crippen LogP contribution in [-0.4, -0.2) is 23.4 Å². The van der Waals surface area contributed by atoms with Gasteiger partial charge in [-0.05, 0) is 85.6 Å². The Morgan fingerprint density at radius 3 is 1.45 bits per heavy atom. The summed E-state index contributed by atoms with van der Waals surface area (Å²) < 4.78 is 2.70. The zero-order valence-electron chi connectivity index (χ0n) is 50.6. The summed E-state index contributed by atoms with van der Waals surface area (Å²) in [6, 6.07) is 27.6. The molecule has 0 spiro atoms. The van der Waals surface area contributed by atoms with E-state index in [1.807, 2.05) is 0 Å². The molecule has 4 aromatic carbocycles. The number of fused-ring (bicyclic) bond motifs is 6. The predicted octanol–water partition coefficient (Wildman–Crippen LogP) is 20.7. The first-order valence-electron chi connectivity index (χ1n) is 32.6. The highest BCUT2D eigenvalue weighted by atomic mass is 127. The molecule has 428 valence electrons. The van der Waals surface area contributed by atoms with E-state index in [9.17, 15) is 0 Å². The second kappa shape index (κ2) is 34.3. The molecule has 0 atom stereocenters. The van der Waals surface area contributed by atoms with Crippen molar-refractivity contribution in [2.45, 2.75) is 277 Å². The van der Waals surface area contributed by atoms with Crippen molar-refractivity contribution in [3.8, 4) is 0 Å². The topological polar surface area (TPSA) is 6.25 Å². The van der Waals surface area contributed by atoms with Crippen LogP contribution in [0.3, 0.4) is 0 Å². The van der Waals surface area contributed by atoms with Gasteiger partial charge in [0.2, 0.25) is 5.69 Å². The van der Waals surface area contributed by atoms with Crippen LogP contribution in [0.15, 0.2) is 119 Å². The summed E-state index contributed by atoms with van der Waals surface area (Å²) in [4.78, 5) is 2.70. The van der Waals surface area contributed by atoms with Gasteiger partial charge in [0.15, 0.2) is 5.71 Å². The normalized spacial score (nSPS) is 16.9. The number of hydrogen-bond acceptors (Lipinski definition) is 1. The van der Waals surface area contributed by atoms with Crippen molar-refractivity contribution in [2.75, 3.05) is 18.0 Å². The molecule has 2 heterocycles. The van der Waals surface area contributed by atoms with Gasteiger partial charge in [0, 0.05) is 46.1 Å². The SMILES string of the molecule is CCCCCCCCCCCCCCCCCCN1C(=CC=C2CCCC(C=CC3=[N+](CCCCCCCCCCCCCCCCCC)c4c(ccc5ccccc45)C3(C)C)=C2Cl)C(C)(C)c2ccc3ccccc3c21.[I-]. The van der Waals surface area contributed by atoms with Gasteiger partial charge in [-0.1, -0.05) is 304 Å². The molecule has 7 rings (SSSR count). The first-order chi connectivity index (χ1) is 37.7. The zero-order chi connectivity index (χ0) is 54.1. The Kier molecular flexibility index (Phi) is 28.2. The van der Waals surface area contributed by atoms with Gasteiger partial charge in [-0.15, -0.1) is 0 Å². The van der Waals surface area contributed by atoms with Crippen LogP contribution in [0.1, 0.15) is 277 Å². The van der Waals surface area contributed by atoms with Crippen LogP contribution < -0.4 is 28.9 Å². The lowest BCUT2D eigenvalue weighted by atomic mass is 9.80. The van der Waals surface area contributed by atoms with Gasteiger partial charge in [-0.25, -0.2) is 0 Å². The van der Waals surface area contributed by atoms with Crippen molar-refractivity contribution in [2.24, 2.45) is 0 Å². The Balaban J connectivity index is 0.00000984. The van der Waals surface area contributed by atoms with Crippen LogP contribution in [-0.2, 0) is 10.8 Å². The molecule has 0 aromatic heterocycles. The van der Waals surface area contributed by atoms with Crippen molar-refractivity contribution in [1.82, 2.24) is 0 Å². The number of benzene rings is 4. The maximum Gasteiger partial charge on any atom is 0.217 e. The number of anilines is 1. The highest BCUT2D eigenvalue weighted by Gasteiger charge is 2.45. The van der Waals surface area contributed by atoms with Crippen LogP contribution in [0.5, 0.6) is 0 Å². The summed E-state index contributed by atoms with van der Waals surface area (Å²) in [5.41, 5.74) is 10.9. The Morgan fingerprint density at radius 1 is 0.474 bits per heavy atom. The number of allylic oxidation sites excluding steroid dienone is 8. The molecule has 4 heteroatoms. The number of rotatable bonds is 37. The molecule has 1 aliphatic carbocycles. The lowest BCUT2D eigenvalue weighted by Gasteiger charge is -2.27. The van der Waals surface area contributed by atoms with Gasteiger partial charge < -0.3 is 28.9 Å². The van der Waals surface area contributed by atoms with E-state index in [2.05, 4.69) is 148 Å². The Hall–Kier alpha value is -3.15. The highest BCUT2D eigenvalue weighted by Crippen LogP contribution is 2.51. The van der Waals surface area contributed by atoms with Gasteiger partial charge in [0.1, 0.15) is 6.54 Å². The molecular formula is C74H108ClIN2. The fraction of sp³-hybridized carbons (Fsp3) is 0.608. The van der Waals surface area contributed by atoms with E-state index in [1.54, 1.807) is 0 Å². The van der Waals surface area contributed by atoms with E-state index in [0.29, 0.717) is 0 Å². The van der Waals surface area contributed by atoms with Gasteiger partial charge in [0.25, 0.3) is 0 Å². The minimum absolute atomic E-state index is 0. The van der Waals surface area contributed by atoms with Crippen molar-refractivity contribution in [3.63, 3.8) is 0 Å². The van der Waals surface area contributed by atoms with Crippen LogP contribution in [0, 0.1) is 0 Å². The van der Waals surface area contributed by atoms with Crippen molar-refractivity contribution < 1.29 is 28.6 Å². The summed E-state index contributed by atoms with van der Waals surface area (Å²) in [5.74, 6) is 0. The number of halogens is 2. The molecule has 3 aliphatic rings. The summed E-state index contributed by atoms with van der Waals surface area (Å²) in [6.07, 6.45) is 57.5. The molecular weight excluding hydrogens is 1080 g/mol. The van der Waals surface area contributed by atoms with E-state index in [1.165, 1.54) is 272 Å². The number of hydrogen-bond donors (Lipinski definition) is 0. The molecule has 0 fully saturated rings. The number of unbranched alkanes of at least 4 members (excludes halogenated alkanes) is 30. The average Bonchev–Trinajstić information content (AvgIpc) is 4.07. The number of nitrogens with zero attached hydrogens (tertiary/aromatic N) is 2. The van der Waals surface area contributed by atoms with Gasteiger partial charge in [0.05, 0.1) is 16.5 Å². The lowest BCUT2D eigenvalue weighted by molar-refractivity contribution is -0.436. The lowest BCUT2D eigenvalue weighted by Crippen LogP contribution is -3.00. The molecule has 0 saturated heterocycles. The second-order valence-corrected chi connectivity index (χ2v) is 25.6. The van der Waals surface area contributed by atoms with Crippen LogP contribution in [0.2, 0.25) is 0 Å². The molecule has 0 saturated carbocycles. The fourth-order valence-electron chi connectivity index (χ4n) is 13.6. The van der Waals surface area contributed by atoms with Crippen molar-refractivity contribution in [3.05, 3.63) is 130 Å². The largest absolute Gasteiger partial charge is 1.00 e. The van der Waals surface area contributed by atoms with Crippen LogP contribution in [0.25, 0.3) is 21.5 Å². The minimum Gasteiger partial charge on any atom is -1.00 e. The molecule has 0 N–H and O–H groups in total. The molecule has 4 aromatic rings. The van der Waals surface area contributed by atoms with E-state index in [4.69, 9.17) is 11.6 Å². The molecule has 2 nitrogen and oxygen atoms in total. The Labute approximate surface area is 500 Å². The fourth-order valence-corrected chi connectivity index (χ4v) is 13.9. The molecule has 0 amide bonds. The van der Waals surface area contributed by atoms with Crippen molar-refractivity contribution >= 4 is 50.2 Å². The molecule has 0 bridgehead atoms. The quantitative estimate of drug-likeness (QED) is 0.0248. The summed E-state index contributed by atoms with van der Waals surface area (Å²) >= 11 is 7.59. The van der Waals surface area contributed by atoms with Gasteiger partial charge >= 0.3 is 0 Å². The summed E-state index contributed by atoms with van der Waals surface area (Å²) in [7, 11) is 0. The summed E-state index contributed by atoms with van der Waals surface area (Å²) in [6.45, 7) is 16.5. The average molecular weight is 1190 g/mol. The van der Waals surface area contributed by atoms with E-state index in [0.717, 1.165) is 37.4 Å². The third kappa shape index (κ3) is 17.9. The first-order valence-corrected chi connectivity index (χ1v) is 33.0. The molecule has 0 unspecified atom stereocenters. The van der Waals surface area contributed by atoms with Crippen molar-refractivity contribution in [1.29, 1.82) is 0 Å². The third-order valence-corrected chi connectivity index (χ3v) is 18.8. The monoisotopic (exact) mass is 1190 g/mol. The van der Waals surface area contributed by atoms with E-state index >= 15 is 0 Å². The van der Waals surface area contributed by atoms with Gasteiger partial charge in [-0.3, -0.25) is 0 Å². The maximum atomic E-state index is 7.59. The van der Waals surface area contributed by atoms with E-state index in [-0.39, 0.29) is 34.8 Å². The Morgan fingerprint density at radius 2 is 0.923 bits per heavy atom. The predicted molar refractivity (Wildman–Crippen MR) is 342 cm³/mol. The van der Waals surface area contributed by atoms with Crippen LogP contribution in [0.4, 0.5) is 11.4 Å². The third-order valence-electron chi connectivity index (χ3n) is 18.4. The molecule has 0 radical (unpaired) electrons. The second-order valence-electron chi connectivity index (χ2n) is 25.2. The zero-order valence-corrected chi connectivity index (χ0v) is 53.5. The minimum atomic E-state index is -0.112. The molecule has 78 heavy (non-hydrogen) atoms. The Bertz CT molecular complexity index is 2590. The smallest absolute Gasteiger partial charge is 0.217 e. The maximum absolute atomic E-state index is 7.59. The standard InChI is InChI=1S/C74H108ClN2.HI/c1-7-9-11-13-15-17-19-21-23-25-27-29-31-33-35-41-58-76-68(73(3,4)66-54-50-60-44-37-39-48-64(60)71(66)76)56-52-62-46-43-47-63(70(62)75)53-57-69-74(5,6)67-55-51-61-45-38-40-49-65(61)72(67)77(69)59-42-36-34-32-30-28-26-24-22-20-18-16-14-12-10-8-2;/h37-40,44-45,48-57H,7-36,41-43,46-47,58-59H2,1-6H3;1H/q+1;/p-1. The van der Waals surface area contributed by atoms with Gasteiger partial charge in [-0.2, -0.15) is 4.58 Å². The van der Waals surface area contributed by atoms with Crippen LogP contribution >= 0.6 is 11.6 Å². The van der Waals surface area contributed by atoms with E-state index < -0.39 is 0 Å². The first kappa shape index (κ1) is 64.0. The molecule has 2 aliphatic heterocycles. The highest BCUT2D eigenvalue weighted by molar-refractivity contribution is 6.32. The summed E-state index contributed by atoms with van der Waals surface area (Å²) in [5, 5.41) is 6.36.